The van der Waals surface area contributed by atoms with Crippen molar-refractivity contribution in [3.05, 3.63) is 12.3 Å². The third-order valence-corrected chi connectivity index (χ3v) is 1.29. The molecule has 0 aliphatic carbocycles. The maximum Gasteiger partial charge on any atom is 0.321 e. The fraction of sp³-hybridized carbons (Fsp3) is 0.429. The molecule has 1 aromatic heterocycles. The predicted molar refractivity (Wildman–Crippen MR) is 45.2 cm³/mol. The van der Waals surface area contributed by atoms with E-state index in [1.54, 1.807) is 0 Å². The molecule has 0 aromatic carbocycles. The van der Waals surface area contributed by atoms with E-state index in [0.717, 1.165) is 0 Å². The van der Waals surface area contributed by atoms with Crippen LogP contribution in [0.5, 0.6) is 0 Å². The van der Waals surface area contributed by atoms with Crippen LogP contribution in [-0.4, -0.2) is 29.4 Å². The van der Waals surface area contributed by atoms with Gasteiger partial charge in [-0.25, -0.2) is 4.79 Å². The number of rotatable bonds is 4. The van der Waals surface area contributed by atoms with Crippen LogP contribution >= 0.6 is 0 Å². The number of nitrogens with zero attached hydrogens (tertiary/aromatic N) is 1. The Bertz CT molecular complexity index is 247. The lowest BCUT2D eigenvalue weighted by molar-refractivity contribution is 0.248. The Balaban J connectivity index is 2.18. The van der Waals surface area contributed by atoms with Gasteiger partial charge in [-0.3, -0.25) is 5.32 Å². The van der Waals surface area contributed by atoms with E-state index in [-0.39, 0.29) is 12.6 Å². The van der Waals surface area contributed by atoms with Crippen molar-refractivity contribution in [3.8, 4) is 0 Å². The third kappa shape index (κ3) is 3.57. The van der Waals surface area contributed by atoms with E-state index >= 15 is 0 Å². The summed E-state index contributed by atoms with van der Waals surface area (Å²) in [4.78, 5) is 11.0. The predicted octanol–water partition coefficient (Wildman–Crippen LogP) is 0.178. The van der Waals surface area contributed by atoms with Gasteiger partial charge in [0.05, 0.1) is 6.20 Å². The van der Waals surface area contributed by atoms with Crippen molar-refractivity contribution < 1.29 is 14.4 Å². The lowest BCUT2D eigenvalue weighted by atomic mass is 10.4. The SMILES string of the molecule is O=C(NCCCO)Nc1ccno1. The van der Waals surface area contributed by atoms with Crippen molar-refractivity contribution >= 4 is 11.9 Å². The zero-order chi connectivity index (χ0) is 9.52. The first kappa shape index (κ1) is 9.53. The average Bonchev–Trinajstić information content (AvgIpc) is 2.57. The Hall–Kier alpha value is -1.56. The number of nitrogens with one attached hydrogen (secondary N) is 2. The number of amides is 2. The number of carbonyl (C=O) groups is 1. The summed E-state index contributed by atoms with van der Waals surface area (Å²) >= 11 is 0. The highest BCUT2D eigenvalue weighted by molar-refractivity contribution is 5.87. The fourth-order valence-corrected chi connectivity index (χ4v) is 0.717. The molecular formula is C7H11N3O3. The van der Waals surface area contributed by atoms with Gasteiger partial charge in [0, 0.05) is 19.2 Å². The molecular weight excluding hydrogens is 174 g/mol. The van der Waals surface area contributed by atoms with Crippen LogP contribution in [0.15, 0.2) is 16.8 Å². The maximum absolute atomic E-state index is 11.0. The van der Waals surface area contributed by atoms with Crippen molar-refractivity contribution in [3.63, 3.8) is 0 Å². The molecule has 0 atom stereocenters. The van der Waals surface area contributed by atoms with E-state index in [9.17, 15) is 4.79 Å². The quantitative estimate of drug-likeness (QED) is 0.584. The van der Waals surface area contributed by atoms with Crippen LogP contribution in [0.25, 0.3) is 0 Å². The average molecular weight is 185 g/mol. The largest absolute Gasteiger partial charge is 0.396 e. The molecule has 0 saturated carbocycles. The Morgan fingerprint density at radius 2 is 2.54 bits per heavy atom. The highest BCUT2D eigenvalue weighted by Gasteiger charge is 2.02. The van der Waals surface area contributed by atoms with Gasteiger partial charge in [0.1, 0.15) is 0 Å². The second-order valence-corrected chi connectivity index (χ2v) is 2.33. The molecule has 6 heteroatoms. The molecule has 6 nitrogen and oxygen atoms in total. The summed E-state index contributed by atoms with van der Waals surface area (Å²) < 4.78 is 4.64. The van der Waals surface area contributed by atoms with Crippen LogP contribution in [0.4, 0.5) is 10.7 Å². The zero-order valence-corrected chi connectivity index (χ0v) is 6.99. The molecule has 0 saturated heterocycles. The Morgan fingerprint density at radius 3 is 3.15 bits per heavy atom. The van der Waals surface area contributed by atoms with Crippen LogP contribution in [0.1, 0.15) is 6.42 Å². The Labute approximate surface area is 74.9 Å². The van der Waals surface area contributed by atoms with Gasteiger partial charge in [-0.2, -0.15) is 0 Å². The van der Waals surface area contributed by atoms with E-state index in [2.05, 4.69) is 20.3 Å². The molecule has 1 heterocycles. The van der Waals surface area contributed by atoms with Crippen LogP contribution in [0.3, 0.4) is 0 Å². The van der Waals surface area contributed by atoms with Crippen LogP contribution < -0.4 is 10.6 Å². The minimum absolute atomic E-state index is 0.0581. The Kier molecular flexibility index (Phi) is 3.77. The van der Waals surface area contributed by atoms with E-state index in [0.29, 0.717) is 18.8 Å². The molecule has 0 aliphatic rings. The molecule has 1 aromatic rings. The minimum Gasteiger partial charge on any atom is -0.396 e. The van der Waals surface area contributed by atoms with Crippen LogP contribution in [0.2, 0.25) is 0 Å². The van der Waals surface area contributed by atoms with Gasteiger partial charge >= 0.3 is 6.03 Å². The number of urea groups is 1. The number of hydrogen-bond acceptors (Lipinski definition) is 4. The van der Waals surface area contributed by atoms with Crippen molar-refractivity contribution in [2.75, 3.05) is 18.5 Å². The summed E-state index contributed by atoms with van der Waals surface area (Å²) in [5.74, 6) is 0.293. The molecule has 2 amide bonds. The number of aliphatic hydroxyl groups excluding tert-OH is 1. The van der Waals surface area contributed by atoms with E-state index in [4.69, 9.17) is 5.11 Å². The molecule has 0 spiro atoms. The smallest absolute Gasteiger partial charge is 0.321 e. The van der Waals surface area contributed by atoms with Crippen molar-refractivity contribution in [1.29, 1.82) is 0 Å². The summed E-state index contributed by atoms with van der Waals surface area (Å²) in [6, 6.07) is 1.16. The highest BCUT2D eigenvalue weighted by atomic mass is 16.5. The van der Waals surface area contributed by atoms with E-state index in [1.807, 2.05) is 0 Å². The van der Waals surface area contributed by atoms with Crippen LogP contribution in [0, 0.1) is 0 Å². The normalized spacial score (nSPS) is 9.62. The van der Waals surface area contributed by atoms with Crippen LogP contribution in [-0.2, 0) is 0 Å². The molecule has 0 unspecified atom stereocenters. The van der Waals surface area contributed by atoms with Crippen molar-refractivity contribution in [2.24, 2.45) is 0 Å². The number of hydrogen-bond donors (Lipinski definition) is 3. The minimum atomic E-state index is -0.370. The first-order valence-corrected chi connectivity index (χ1v) is 3.89. The summed E-state index contributed by atoms with van der Waals surface area (Å²) in [7, 11) is 0. The second kappa shape index (κ2) is 5.15. The third-order valence-electron chi connectivity index (χ3n) is 1.29. The van der Waals surface area contributed by atoms with Gasteiger partial charge in [-0.15, -0.1) is 0 Å². The van der Waals surface area contributed by atoms with Gasteiger partial charge in [0.15, 0.2) is 0 Å². The summed E-state index contributed by atoms with van der Waals surface area (Å²) in [6.07, 6.45) is 1.97. The van der Waals surface area contributed by atoms with Gasteiger partial charge in [-0.05, 0) is 6.42 Å². The zero-order valence-electron chi connectivity index (χ0n) is 6.99. The monoisotopic (exact) mass is 185 g/mol. The highest BCUT2D eigenvalue weighted by Crippen LogP contribution is 2.02. The fourth-order valence-electron chi connectivity index (χ4n) is 0.717. The maximum atomic E-state index is 11.0. The summed E-state index contributed by atoms with van der Waals surface area (Å²) in [5.41, 5.74) is 0. The Morgan fingerprint density at radius 1 is 1.69 bits per heavy atom. The van der Waals surface area contributed by atoms with Gasteiger partial charge in [0.2, 0.25) is 5.88 Å². The molecule has 72 valence electrons. The lowest BCUT2D eigenvalue weighted by Crippen LogP contribution is -2.29. The summed E-state index contributed by atoms with van der Waals surface area (Å²) in [5, 5.41) is 16.8. The molecule has 0 fully saturated rings. The molecule has 13 heavy (non-hydrogen) atoms. The van der Waals surface area contributed by atoms with Gasteiger partial charge in [0.25, 0.3) is 0 Å². The van der Waals surface area contributed by atoms with Crippen molar-refractivity contribution in [1.82, 2.24) is 10.5 Å². The molecule has 3 N–H and O–H groups in total. The summed E-state index contributed by atoms with van der Waals surface area (Å²) in [6.45, 7) is 0.485. The molecule has 0 aliphatic heterocycles. The van der Waals surface area contributed by atoms with Crippen molar-refractivity contribution in [2.45, 2.75) is 6.42 Å². The number of anilines is 1. The molecule has 1 rings (SSSR count). The van der Waals surface area contributed by atoms with E-state index in [1.165, 1.54) is 12.3 Å². The second-order valence-electron chi connectivity index (χ2n) is 2.33. The van der Waals surface area contributed by atoms with Gasteiger partial charge in [-0.1, -0.05) is 5.16 Å². The number of aliphatic hydroxyl groups is 1. The molecule has 0 radical (unpaired) electrons. The lowest BCUT2D eigenvalue weighted by Gasteiger charge is -2.02. The van der Waals surface area contributed by atoms with Gasteiger partial charge < -0.3 is 14.9 Å². The first-order valence-electron chi connectivity index (χ1n) is 3.89. The molecule has 0 bridgehead atoms. The standard InChI is InChI=1S/C7H11N3O3/c11-5-1-3-8-7(12)10-6-2-4-9-13-6/h2,4,11H,1,3,5H2,(H2,8,10,12). The first-order chi connectivity index (χ1) is 6.33. The number of carbonyl (C=O) groups excluding carboxylic acids is 1. The topological polar surface area (TPSA) is 87.4 Å². The van der Waals surface area contributed by atoms with E-state index < -0.39 is 0 Å². The number of aromatic nitrogens is 1.